The Morgan fingerprint density at radius 1 is 1.24 bits per heavy atom. The molecule has 0 bridgehead atoms. The molecular formula is C18H18N2O4S. The Balaban J connectivity index is 1.94. The summed E-state index contributed by atoms with van der Waals surface area (Å²) in [7, 11) is 4.92. The number of hydrogen-bond donors (Lipinski definition) is 1. The van der Waals surface area contributed by atoms with Gasteiger partial charge in [-0.05, 0) is 29.7 Å². The van der Waals surface area contributed by atoms with E-state index in [-0.39, 0.29) is 10.6 Å². The molecule has 2 heterocycles. The zero-order valence-corrected chi connectivity index (χ0v) is 15.0. The van der Waals surface area contributed by atoms with E-state index in [1.807, 2.05) is 29.9 Å². The third kappa shape index (κ3) is 3.23. The highest BCUT2D eigenvalue weighted by atomic mass is 32.1. The summed E-state index contributed by atoms with van der Waals surface area (Å²) in [5.41, 5.74) is 0.980. The Hall–Kier alpha value is -2.80. The van der Waals surface area contributed by atoms with Crippen LogP contribution in [0.25, 0.3) is 10.8 Å². The summed E-state index contributed by atoms with van der Waals surface area (Å²) in [6.45, 7) is 0.396. The molecule has 0 aliphatic carbocycles. The second kappa shape index (κ2) is 6.98. The number of aryl methyl sites for hydroxylation is 1. The fourth-order valence-electron chi connectivity index (χ4n) is 2.64. The number of nitrogens with one attached hydrogen (secondary N) is 1. The first kappa shape index (κ1) is 17.0. The summed E-state index contributed by atoms with van der Waals surface area (Å²) in [5.74, 6) is 0.595. The Morgan fingerprint density at radius 3 is 2.68 bits per heavy atom. The van der Waals surface area contributed by atoms with Gasteiger partial charge in [-0.3, -0.25) is 9.59 Å². The molecule has 1 N–H and O–H groups in total. The lowest BCUT2D eigenvalue weighted by Crippen LogP contribution is -2.24. The number of carbonyl (C=O) groups is 1. The molecule has 3 rings (SSSR count). The number of amides is 1. The predicted octanol–water partition coefficient (Wildman–Crippen LogP) is 2.55. The van der Waals surface area contributed by atoms with Gasteiger partial charge in [-0.15, -0.1) is 0 Å². The second-order valence-corrected chi connectivity index (χ2v) is 6.47. The maximum absolute atomic E-state index is 12.5. The number of aromatic nitrogens is 1. The normalized spacial score (nSPS) is 10.7. The first-order valence-electron chi connectivity index (χ1n) is 7.62. The number of ether oxygens (including phenoxy) is 2. The van der Waals surface area contributed by atoms with E-state index in [1.54, 1.807) is 18.2 Å². The first-order chi connectivity index (χ1) is 12.0. The van der Waals surface area contributed by atoms with Gasteiger partial charge in [0.15, 0.2) is 11.5 Å². The minimum atomic E-state index is -0.278. The first-order valence-corrected chi connectivity index (χ1v) is 8.44. The minimum absolute atomic E-state index is 0.239. The zero-order chi connectivity index (χ0) is 18.0. The van der Waals surface area contributed by atoms with Gasteiger partial charge in [0.25, 0.3) is 5.91 Å². The molecule has 3 aromatic rings. The molecule has 6 nitrogen and oxygen atoms in total. The van der Waals surface area contributed by atoms with Gasteiger partial charge in [-0.25, -0.2) is 0 Å². The molecular weight excluding hydrogens is 340 g/mol. The van der Waals surface area contributed by atoms with Gasteiger partial charge in [0, 0.05) is 18.9 Å². The third-order valence-electron chi connectivity index (χ3n) is 3.98. The van der Waals surface area contributed by atoms with Gasteiger partial charge >= 0.3 is 0 Å². The van der Waals surface area contributed by atoms with Crippen LogP contribution in [0.15, 0.2) is 41.3 Å². The van der Waals surface area contributed by atoms with E-state index in [4.69, 9.17) is 9.47 Å². The van der Waals surface area contributed by atoms with Crippen LogP contribution in [0.5, 0.6) is 11.5 Å². The van der Waals surface area contributed by atoms with Crippen molar-refractivity contribution in [1.82, 2.24) is 9.88 Å². The smallest absolute Gasteiger partial charge is 0.261 e. The van der Waals surface area contributed by atoms with E-state index in [0.717, 1.165) is 17.0 Å². The lowest BCUT2D eigenvalue weighted by Gasteiger charge is -2.11. The number of nitrogens with zero attached hydrogens (tertiary/aromatic N) is 1. The van der Waals surface area contributed by atoms with Crippen LogP contribution in [0, 0.1) is 0 Å². The van der Waals surface area contributed by atoms with Crippen molar-refractivity contribution in [2.24, 2.45) is 7.05 Å². The van der Waals surface area contributed by atoms with Crippen LogP contribution in [0.2, 0.25) is 0 Å². The number of carbonyl (C=O) groups excluding carboxylic acids is 1. The van der Waals surface area contributed by atoms with Gasteiger partial charge in [-0.2, -0.15) is 0 Å². The molecule has 1 amide bonds. The van der Waals surface area contributed by atoms with Crippen LogP contribution in [-0.2, 0) is 13.6 Å². The van der Waals surface area contributed by atoms with Crippen molar-refractivity contribution in [2.75, 3.05) is 14.2 Å². The summed E-state index contributed by atoms with van der Waals surface area (Å²) in [6.07, 6.45) is 1.91. The Labute approximate surface area is 148 Å². The average molecular weight is 358 g/mol. The molecule has 1 aromatic carbocycles. The fourth-order valence-corrected chi connectivity index (χ4v) is 3.51. The number of methoxy groups -OCH3 is 2. The van der Waals surface area contributed by atoms with Gasteiger partial charge < -0.3 is 19.4 Å². The van der Waals surface area contributed by atoms with Crippen molar-refractivity contribution in [3.63, 3.8) is 0 Å². The van der Waals surface area contributed by atoms with Crippen molar-refractivity contribution in [3.05, 3.63) is 56.6 Å². The van der Waals surface area contributed by atoms with E-state index in [1.165, 1.54) is 14.2 Å². The third-order valence-corrected chi connectivity index (χ3v) is 4.89. The molecule has 2 aromatic heterocycles. The van der Waals surface area contributed by atoms with Crippen LogP contribution in [0.3, 0.4) is 0 Å². The summed E-state index contributed by atoms with van der Waals surface area (Å²) < 4.78 is 12.2. The fraction of sp³-hybridized carbons (Fsp3) is 0.222. The summed E-state index contributed by atoms with van der Waals surface area (Å²) in [4.78, 5) is 25.3. The molecule has 0 aliphatic heterocycles. The molecule has 0 unspecified atom stereocenters. The van der Waals surface area contributed by atoms with Crippen LogP contribution < -0.4 is 19.5 Å². The molecule has 25 heavy (non-hydrogen) atoms. The molecule has 0 spiro atoms. The lowest BCUT2D eigenvalue weighted by atomic mass is 10.1. The van der Waals surface area contributed by atoms with Crippen molar-refractivity contribution < 1.29 is 14.3 Å². The molecule has 0 fully saturated rings. The summed E-state index contributed by atoms with van der Waals surface area (Å²) in [5, 5.41) is 3.91. The van der Waals surface area contributed by atoms with Gasteiger partial charge in [0.05, 0.1) is 31.0 Å². The van der Waals surface area contributed by atoms with E-state index in [9.17, 15) is 9.59 Å². The number of fused-ring (bicyclic) bond motifs is 1. The molecule has 7 heteroatoms. The topological polar surface area (TPSA) is 69.6 Å². The van der Waals surface area contributed by atoms with Crippen molar-refractivity contribution in [2.45, 2.75) is 6.54 Å². The standard InChI is InChI=1S/C18H18N2O4S/c1-20-8-4-5-12(20)10-19-17(21)14-9-11-6-7-13(23-2)16(24-3)15(11)18(22)25-14/h4-9H,10H2,1-3H3,(H,19,21). The minimum Gasteiger partial charge on any atom is -0.493 e. The molecule has 130 valence electrons. The molecule has 0 radical (unpaired) electrons. The average Bonchev–Trinajstić information content (AvgIpc) is 3.03. The predicted molar refractivity (Wildman–Crippen MR) is 97.8 cm³/mol. The van der Waals surface area contributed by atoms with Crippen LogP contribution in [-0.4, -0.2) is 24.7 Å². The lowest BCUT2D eigenvalue weighted by molar-refractivity contribution is 0.0954. The van der Waals surface area contributed by atoms with E-state index in [0.29, 0.717) is 33.7 Å². The maximum atomic E-state index is 12.5. The van der Waals surface area contributed by atoms with Crippen molar-refractivity contribution in [1.29, 1.82) is 0 Å². The highest BCUT2D eigenvalue weighted by Crippen LogP contribution is 2.34. The van der Waals surface area contributed by atoms with Gasteiger partial charge in [-0.1, -0.05) is 17.4 Å². The SMILES string of the molecule is COc1ccc2cc(C(=O)NCc3cccn3C)sc(=O)c2c1OC. The van der Waals surface area contributed by atoms with Gasteiger partial charge in [0.1, 0.15) is 0 Å². The summed E-state index contributed by atoms with van der Waals surface area (Å²) in [6, 6.07) is 9.01. The van der Waals surface area contributed by atoms with Crippen LogP contribution >= 0.6 is 11.3 Å². The highest BCUT2D eigenvalue weighted by molar-refractivity contribution is 7.12. The van der Waals surface area contributed by atoms with Crippen molar-refractivity contribution in [3.8, 4) is 11.5 Å². The Morgan fingerprint density at radius 2 is 2.04 bits per heavy atom. The molecule has 0 atom stereocenters. The maximum Gasteiger partial charge on any atom is 0.261 e. The summed E-state index contributed by atoms with van der Waals surface area (Å²) >= 11 is 0.895. The molecule has 0 saturated heterocycles. The van der Waals surface area contributed by atoms with Crippen molar-refractivity contribution >= 4 is 28.0 Å². The monoisotopic (exact) mass is 358 g/mol. The van der Waals surface area contributed by atoms with E-state index < -0.39 is 0 Å². The van der Waals surface area contributed by atoms with Gasteiger partial charge in [0.2, 0.25) is 4.74 Å². The van der Waals surface area contributed by atoms with Crippen LogP contribution in [0.1, 0.15) is 15.4 Å². The number of hydrogen-bond acceptors (Lipinski definition) is 5. The molecule has 0 saturated carbocycles. The Kier molecular flexibility index (Phi) is 4.76. The quantitative estimate of drug-likeness (QED) is 0.761. The highest BCUT2D eigenvalue weighted by Gasteiger charge is 2.16. The second-order valence-electron chi connectivity index (χ2n) is 5.46. The van der Waals surface area contributed by atoms with E-state index >= 15 is 0 Å². The zero-order valence-electron chi connectivity index (χ0n) is 14.2. The number of benzene rings is 1. The van der Waals surface area contributed by atoms with E-state index in [2.05, 4.69) is 5.32 Å². The number of rotatable bonds is 5. The largest absolute Gasteiger partial charge is 0.493 e. The van der Waals surface area contributed by atoms with Crippen LogP contribution in [0.4, 0.5) is 0 Å². The molecule has 0 aliphatic rings. The Bertz CT molecular complexity index is 990.